The molecule has 0 spiro atoms. The Kier molecular flexibility index (Phi) is 6.04. The van der Waals surface area contributed by atoms with Crippen molar-refractivity contribution in [2.45, 2.75) is 6.42 Å². The predicted molar refractivity (Wildman–Crippen MR) is 105 cm³/mol. The lowest BCUT2D eigenvalue weighted by atomic mass is 10.1. The van der Waals surface area contributed by atoms with Gasteiger partial charge in [-0.2, -0.15) is 0 Å². The van der Waals surface area contributed by atoms with Crippen LogP contribution in [0.15, 0.2) is 61.1 Å². The van der Waals surface area contributed by atoms with Gasteiger partial charge in [-0.1, -0.05) is 29.3 Å². The molecule has 3 aromatic rings. The Hall–Kier alpha value is -2.63. The van der Waals surface area contributed by atoms with Gasteiger partial charge in [-0.25, -0.2) is 4.98 Å². The van der Waals surface area contributed by atoms with Gasteiger partial charge in [0.05, 0.1) is 17.4 Å². The van der Waals surface area contributed by atoms with Crippen LogP contribution in [0.1, 0.15) is 15.9 Å². The molecule has 2 aromatic heterocycles. The summed E-state index contributed by atoms with van der Waals surface area (Å²) in [5.74, 6) is 0.230. The topological polar surface area (TPSA) is 66.9 Å². The molecule has 7 heteroatoms. The zero-order chi connectivity index (χ0) is 18.4. The van der Waals surface area contributed by atoms with E-state index in [1.54, 1.807) is 36.7 Å². The van der Waals surface area contributed by atoms with E-state index in [0.717, 1.165) is 17.7 Å². The second kappa shape index (κ2) is 8.65. The number of amides is 1. The highest BCUT2D eigenvalue weighted by molar-refractivity contribution is 6.35. The summed E-state index contributed by atoms with van der Waals surface area (Å²) in [6.07, 6.45) is 5.55. The Labute approximate surface area is 161 Å². The van der Waals surface area contributed by atoms with Crippen molar-refractivity contribution in [2.24, 2.45) is 0 Å². The van der Waals surface area contributed by atoms with Crippen LogP contribution in [0, 0.1) is 0 Å². The number of aromatic nitrogens is 2. The molecule has 0 aliphatic heterocycles. The average molecular weight is 387 g/mol. The summed E-state index contributed by atoms with van der Waals surface area (Å²) in [7, 11) is 0. The van der Waals surface area contributed by atoms with Crippen molar-refractivity contribution in [3.63, 3.8) is 0 Å². The van der Waals surface area contributed by atoms with Crippen molar-refractivity contribution in [3.8, 4) is 0 Å². The number of benzene rings is 1. The number of nitrogens with one attached hydrogen (secondary N) is 2. The molecule has 0 saturated carbocycles. The molecule has 5 nitrogen and oxygen atoms in total. The largest absolute Gasteiger partial charge is 0.383 e. The predicted octanol–water partition coefficient (Wildman–Crippen LogP) is 4.69. The summed E-state index contributed by atoms with van der Waals surface area (Å²) in [6, 6.07) is 12.5. The zero-order valence-electron chi connectivity index (χ0n) is 13.7. The smallest absolute Gasteiger partial charge is 0.258 e. The Balaban J connectivity index is 1.52. The maximum Gasteiger partial charge on any atom is 0.258 e. The molecule has 132 valence electrons. The van der Waals surface area contributed by atoms with Crippen molar-refractivity contribution < 1.29 is 4.79 Å². The van der Waals surface area contributed by atoms with E-state index in [9.17, 15) is 4.79 Å². The van der Waals surface area contributed by atoms with Gasteiger partial charge in [0, 0.05) is 29.0 Å². The molecule has 26 heavy (non-hydrogen) atoms. The summed E-state index contributed by atoms with van der Waals surface area (Å²) < 4.78 is 0. The number of anilines is 2. The molecule has 0 unspecified atom stereocenters. The minimum absolute atomic E-state index is 0.247. The van der Waals surface area contributed by atoms with Crippen LogP contribution in [0.25, 0.3) is 0 Å². The molecule has 0 aliphatic carbocycles. The first-order chi connectivity index (χ1) is 12.6. The first-order valence-electron chi connectivity index (χ1n) is 7.97. The number of halogens is 2. The third-order valence-electron chi connectivity index (χ3n) is 3.67. The van der Waals surface area contributed by atoms with Gasteiger partial charge < -0.3 is 10.6 Å². The van der Waals surface area contributed by atoms with E-state index in [0.29, 0.717) is 28.0 Å². The summed E-state index contributed by atoms with van der Waals surface area (Å²) in [5.41, 5.74) is 2.36. The van der Waals surface area contributed by atoms with Gasteiger partial charge in [-0.05, 0) is 48.4 Å². The number of hydrogen-bond acceptors (Lipinski definition) is 4. The van der Waals surface area contributed by atoms with Crippen molar-refractivity contribution in [1.82, 2.24) is 9.97 Å². The van der Waals surface area contributed by atoms with Crippen molar-refractivity contribution in [1.29, 1.82) is 0 Å². The highest BCUT2D eigenvalue weighted by atomic mass is 35.5. The van der Waals surface area contributed by atoms with E-state index in [2.05, 4.69) is 20.6 Å². The molecule has 0 bridgehead atoms. The lowest BCUT2D eigenvalue weighted by Gasteiger charge is -2.09. The minimum atomic E-state index is -0.247. The summed E-state index contributed by atoms with van der Waals surface area (Å²) in [4.78, 5) is 20.2. The van der Waals surface area contributed by atoms with Crippen molar-refractivity contribution >= 4 is 40.6 Å². The molecule has 0 fully saturated rings. The van der Waals surface area contributed by atoms with Crippen LogP contribution in [0.2, 0.25) is 10.0 Å². The van der Waals surface area contributed by atoms with Gasteiger partial charge in [-0.15, -0.1) is 0 Å². The van der Waals surface area contributed by atoms with Crippen LogP contribution in [-0.4, -0.2) is 22.4 Å². The normalized spacial score (nSPS) is 10.4. The highest BCUT2D eigenvalue weighted by Gasteiger charge is 2.06. The Morgan fingerprint density at radius 3 is 2.65 bits per heavy atom. The zero-order valence-corrected chi connectivity index (χ0v) is 15.3. The third kappa shape index (κ3) is 4.94. The average Bonchev–Trinajstić information content (AvgIpc) is 2.65. The fraction of sp³-hybridized carbons (Fsp3) is 0.105. The third-order valence-corrected chi connectivity index (χ3v) is 4.25. The molecule has 0 atom stereocenters. The van der Waals surface area contributed by atoms with Gasteiger partial charge in [0.1, 0.15) is 5.82 Å². The maximum atomic E-state index is 12.1. The standard InChI is InChI=1S/C19H16Cl2N4O/c20-15-4-3-13(17(21)10-15)7-9-23-16-5-6-18(24-12-16)25-19(26)14-2-1-8-22-11-14/h1-6,8,10-12,23H,7,9H2,(H,24,25,26). The first kappa shape index (κ1) is 18.2. The molecule has 2 heterocycles. The van der Waals surface area contributed by atoms with Crippen LogP contribution < -0.4 is 10.6 Å². The second-order valence-electron chi connectivity index (χ2n) is 5.54. The summed E-state index contributed by atoms with van der Waals surface area (Å²) in [6.45, 7) is 0.699. The van der Waals surface area contributed by atoms with Gasteiger partial charge in [-0.3, -0.25) is 9.78 Å². The van der Waals surface area contributed by atoms with Crippen LogP contribution in [0.3, 0.4) is 0 Å². The molecule has 2 N–H and O–H groups in total. The van der Waals surface area contributed by atoms with Crippen LogP contribution in [0.5, 0.6) is 0 Å². The SMILES string of the molecule is O=C(Nc1ccc(NCCc2ccc(Cl)cc2Cl)cn1)c1cccnc1. The lowest BCUT2D eigenvalue weighted by molar-refractivity contribution is 0.102. The maximum absolute atomic E-state index is 12.1. The Morgan fingerprint density at radius 2 is 1.96 bits per heavy atom. The van der Waals surface area contributed by atoms with E-state index >= 15 is 0 Å². The van der Waals surface area contributed by atoms with Gasteiger partial charge in [0.25, 0.3) is 5.91 Å². The van der Waals surface area contributed by atoms with Crippen molar-refractivity contribution in [3.05, 3.63) is 82.2 Å². The minimum Gasteiger partial charge on any atom is -0.383 e. The molecule has 1 aromatic carbocycles. The Morgan fingerprint density at radius 1 is 1.08 bits per heavy atom. The van der Waals surface area contributed by atoms with Crippen LogP contribution >= 0.6 is 23.2 Å². The number of carbonyl (C=O) groups excluding carboxylic acids is 1. The quantitative estimate of drug-likeness (QED) is 0.644. The molecule has 0 saturated heterocycles. The number of carbonyl (C=O) groups is 1. The van der Waals surface area contributed by atoms with Gasteiger partial charge >= 0.3 is 0 Å². The van der Waals surface area contributed by atoms with Gasteiger partial charge in [0.2, 0.25) is 0 Å². The fourth-order valence-corrected chi connectivity index (χ4v) is 2.83. The molecular formula is C19H16Cl2N4O. The summed E-state index contributed by atoms with van der Waals surface area (Å²) in [5, 5.41) is 7.29. The number of hydrogen-bond donors (Lipinski definition) is 2. The van der Waals surface area contributed by atoms with Crippen LogP contribution in [-0.2, 0) is 6.42 Å². The van der Waals surface area contributed by atoms with E-state index in [1.807, 2.05) is 18.2 Å². The Bertz CT molecular complexity index is 886. The fourth-order valence-electron chi connectivity index (χ4n) is 2.32. The summed E-state index contributed by atoms with van der Waals surface area (Å²) >= 11 is 12.1. The van der Waals surface area contributed by atoms with Crippen LogP contribution in [0.4, 0.5) is 11.5 Å². The molecular weight excluding hydrogens is 371 g/mol. The highest BCUT2D eigenvalue weighted by Crippen LogP contribution is 2.21. The molecule has 0 radical (unpaired) electrons. The molecule has 1 amide bonds. The van der Waals surface area contributed by atoms with E-state index in [1.165, 1.54) is 6.20 Å². The number of pyridine rings is 2. The number of nitrogens with zero attached hydrogens (tertiary/aromatic N) is 2. The molecule has 0 aliphatic rings. The monoisotopic (exact) mass is 386 g/mol. The first-order valence-corrected chi connectivity index (χ1v) is 8.72. The van der Waals surface area contributed by atoms with E-state index in [-0.39, 0.29) is 5.91 Å². The molecule has 3 rings (SSSR count). The van der Waals surface area contributed by atoms with E-state index in [4.69, 9.17) is 23.2 Å². The van der Waals surface area contributed by atoms with E-state index < -0.39 is 0 Å². The van der Waals surface area contributed by atoms with Gasteiger partial charge in [0.15, 0.2) is 0 Å². The van der Waals surface area contributed by atoms with Crippen molar-refractivity contribution in [2.75, 3.05) is 17.2 Å². The lowest BCUT2D eigenvalue weighted by Crippen LogP contribution is -2.13. The number of rotatable bonds is 6. The second-order valence-corrected chi connectivity index (χ2v) is 6.38.